The monoisotopic (exact) mass is 284 g/mol. The molecule has 2 heterocycles. The van der Waals surface area contributed by atoms with Crippen molar-refractivity contribution in [1.82, 2.24) is 19.7 Å². The normalized spacial score (nSPS) is 11.0. The fraction of sp³-hybridized carbons (Fsp3) is 0.267. The minimum absolute atomic E-state index is 0.293. The first-order chi connectivity index (χ1) is 10.1. The van der Waals surface area contributed by atoms with Crippen molar-refractivity contribution in [3.63, 3.8) is 0 Å². The average Bonchev–Trinajstić information content (AvgIpc) is 3.04. The van der Waals surface area contributed by atoms with Gasteiger partial charge in [-0.25, -0.2) is 9.78 Å². The van der Waals surface area contributed by atoms with Crippen LogP contribution in [0.15, 0.2) is 30.6 Å². The topological polar surface area (TPSA) is 72.8 Å². The van der Waals surface area contributed by atoms with Crippen molar-refractivity contribution >= 4 is 17.0 Å². The molecule has 1 aromatic carbocycles. The Hall–Kier alpha value is -2.63. The SMILES string of the molecule is Cc1cc(C)n(CCOC(=O)c2ccc3nc[nH]c3c2)n1. The minimum atomic E-state index is -0.340. The molecule has 0 saturated heterocycles. The van der Waals surface area contributed by atoms with E-state index in [0.29, 0.717) is 18.7 Å². The van der Waals surface area contributed by atoms with Crippen LogP contribution >= 0.6 is 0 Å². The molecule has 0 unspecified atom stereocenters. The van der Waals surface area contributed by atoms with Crippen molar-refractivity contribution in [3.8, 4) is 0 Å². The van der Waals surface area contributed by atoms with Gasteiger partial charge >= 0.3 is 5.97 Å². The average molecular weight is 284 g/mol. The first-order valence-electron chi connectivity index (χ1n) is 6.75. The molecule has 0 atom stereocenters. The van der Waals surface area contributed by atoms with Crippen LogP contribution in [0.2, 0.25) is 0 Å². The highest BCUT2D eigenvalue weighted by atomic mass is 16.5. The van der Waals surface area contributed by atoms with Gasteiger partial charge in [0.1, 0.15) is 6.61 Å². The van der Waals surface area contributed by atoms with Crippen LogP contribution < -0.4 is 0 Å². The highest BCUT2D eigenvalue weighted by molar-refractivity contribution is 5.93. The summed E-state index contributed by atoms with van der Waals surface area (Å²) in [7, 11) is 0. The molecule has 21 heavy (non-hydrogen) atoms. The zero-order chi connectivity index (χ0) is 14.8. The molecule has 2 aromatic heterocycles. The van der Waals surface area contributed by atoms with Crippen LogP contribution in [0.5, 0.6) is 0 Å². The fourth-order valence-corrected chi connectivity index (χ4v) is 2.27. The summed E-state index contributed by atoms with van der Waals surface area (Å²) in [6, 6.07) is 7.25. The number of hydrogen-bond acceptors (Lipinski definition) is 4. The third-order valence-corrected chi connectivity index (χ3v) is 3.30. The second-order valence-corrected chi connectivity index (χ2v) is 4.92. The maximum atomic E-state index is 12.0. The number of aromatic amines is 1. The lowest BCUT2D eigenvalue weighted by Gasteiger charge is -2.06. The van der Waals surface area contributed by atoms with E-state index in [0.717, 1.165) is 22.4 Å². The summed E-state index contributed by atoms with van der Waals surface area (Å²) in [6.45, 7) is 4.77. The first-order valence-corrected chi connectivity index (χ1v) is 6.75. The zero-order valence-electron chi connectivity index (χ0n) is 12.0. The summed E-state index contributed by atoms with van der Waals surface area (Å²) in [5.74, 6) is -0.340. The maximum Gasteiger partial charge on any atom is 0.338 e. The number of hydrogen-bond donors (Lipinski definition) is 1. The summed E-state index contributed by atoms with van der Waals surface area (Å²) in [6.07, 6.45) is 1.60. The molecule has 0 spiro atoms. The van der Waals surface area contributed by atoms with Gasteiger partial charge in [-0.05, 0) is 38.1 Å². The second kappa shape index (κ2) is 5.40. The molecule has 3 rings (SSSR count). The lowest BCUT2D eigenvalue weighted by atomic mass is 10.2. The van der Waals surface area contributed by atoms with Gasteiger partial charge in [0.05, 0.1) is 35.2 Å². The Morgan fingerprint density at radius 3 is 2.95 bits per heavy atom. The third kappa shape index (κ3) is 2.79. The maximum absolute atomic E-state index is 12.0. The van der Waals surface area contributed by atoms with E-state index in [2.05, 4.69) is 15.1 Å². The van der Waals surface area contributed by atoms with E-state index < -0.39 is 0 Å². The zero-order valence-corrected chi connectivity index (χ0v) is 12.0. The molecule has 6 nitrogen and oxygen atoms in total. The number of aryl methyl sites for hydroxylation is 2. The number of carbonyl (C=O) groups is 1. The number of nitrogens with one attached hydrogen (secondary N) is 1. The van der Waals surface area contributed by atoms with Crippen LogP contribution in [-0.4, -0.2) is 32.3 Å². The lowest BCUT2D eigenvalue weighted by molar-refractivity contribution is 0.0487. The third-order valence-electron chi connectivity index (χ3n) is 3.30. The van der Waals surface area contributed by atoms with Crippen LogP contribution in [0.1, 0.15) is 21.7 Å². The molecule has 0 amide bonds. The highest BCUT2D eigenvalue weighted by Crippen LogP contribution is 2.12. The van der Waals surface area contributed by atoms with E-state index in [4.69, 9.17) is 4.74 Å². The van der Waals surface area contributed by atoms with Crippen molar-refractivity contribution in [2.24, 2.45) is 0 Å². The van der Waals surface area contributed by atoms with Crippen molar-refractivity contribution < 1.29 is 9.53 Å². The summed E-state index contributed by atoms with van der Waals surface area (Å²) >= 11 is 0. The Morgan fingerprint density at radius 1 is 1.33 bits per heavy atom. The van der Waals surface area contributed by atoms with Gasteiger partial charge in [-0.1, -0.05) is 0 Å². The predicted octanol–water partition coefficient (Wildman–Crippen LogP) is 2.23. The summed E-state index contributed by atoms with van der Waals surface area (Å²) in [4.78, 5) is 19.1. The van der Waals surface area contributed by atoms with Gasteiger partial charge in [-0.3, -0.25) is 4.68 Å². The predicted molar refractivity (Wildman–Crippen MR) is 78.1 cm³/mol. The fourth-order valence-electron chi connectivity index (χ4n) is 2.27. The molecule has 0 aliphatic heterocycles. The van der Waals surface area contributed by atoms with Crippen LogP contribution in [-0.2, 0) is 11.3 Å². The van der Waals surface area contributed by atoms with Gasteiger partial charge in [0.25, 0.3) is 0 Å². The largest absolute Gasteiger partial charge is 0.460 e. The Bertz CT molecular complexity index is 788. The van der Waals surface area contributed by atoms with Gasteiger partial charge in [-0.2, -0.15) is 5.10 Å². The minimum Gasteiger partial charge on any atom is -0.460 e. The Balaban J connectivity index is 1.62. The number of carbonyl (C=O) groups excluding carboxylic acids is 1. The van der Waals surface area contributed by atoms with Crippen molar-refractivity contribution in [2.75, 3.05) is 6.61 Å². The Morgan fingerprint density at radius 2 is 2.19 bits per heavy atom. The second-order valence-electron chi connectivity index (χ2n) is 4.92. The smallest absolute Gasteiger partial charge is 0.338 e. The first kappa shape index (κ1) is 13.4. The highest BCUT2D eigenvalue weighted by Gasteiger charge is 2.09. The molecule has 0 fully saturated rings. The van der Waals surface area contributed by atoms with Crippen molar-refractivity contribution in [3.05, 3.63) is 47.5 Å². The van der Waals surface area contributed by atoms with Crippen molar-refractivity contribution in [2.45, 2.75) is 20.4 Å². The number of fused-ring (bicyclic) bond motifs is 1. The van der Waals surface area contributed by atoms with Crippen LogP contribution in [0.25, 0.3) is 11.0 Å². The number of imidazole rings is 1. The van der Waals surface area contributed by atoms with E-state index in [9.17, 15) is 4.79 Å². The summed E-state index contributed by atoms with van der Waals surface area (Å²) in [5.41, 5.74) is 4.18. The molecule has 0 aliphatic carbocycles. The van der Waals surface area contributed by atoms with Gasteiger partial charge in [0, 0.05) is 5.69 Å². The molecule has 6 heteroatoms. The molecule has 1 N–H and O–H groups in total. The van der Waals surface area contributed by atoms with E-state index in [1.165, 1.54) is 0 Å². The molecule has 3 aromatic rings. The van der Waals surface area contributed by atoms with Gasteiger partial charge < -0.3 is 9.72 Å². The van der Waals surface area contributed by atoms with Gasteiger partial charge in [0.2, 0.25) is 0 Å². The van der Waals surface area contributed by atoms with E-state index in [-0.39, 0.29) is 5.97 Å². The number of rotatable bonds is 4. The van der Waals surface area contributed by atoms with Crippen molar-refractivity contribution in [1.29, 1.82) is 0 Å². The van der Waals surface area contributed by atoms with Gasteiger partial charge in [0.15, 0.2) is 0 Å². The number of esters is 1. The number of ether oxygens (including phenoxy) is 1. The molecular weight excluding hydrogens is 268 g/mol. The molecule has 108 valence electrons. The molecule has 0 radical (unpaired) electrons. The summed E-state index contributed by atoms with van der Waals surface area (Å²) < 4.78 is 7.12. The summed E-state index contributed by atoms with van der Waals surface area (Å²) in [5, 5.41) is 4.33. The Kier molecular flexibility index (Phi) is 3.43. The molecular formula is C15H16N4O2. The number of aromatic nitrogens is 4. The van der Waals surface area contributed by atoms with Crippen LogP contribution in [0.3, 0.4) is 0 Å². The number of H-pyrrole nitrogens is 1. The van der Waals surface area contributed by atoms with Crippen LogP contribution in [0.4, 0.5) is 0 Å². The van der Waals surface area contributed by atoms with E-state index in [1.807, 2.05) is 24.6 Å². The van der Waals surface area contributed by atoms with Gasteiger partial charge in [-0.15, -0.1) is 0 Å². The Labute approximate surface area is 121 Å². The standard InChI is InChI=1S/C15H16N4O2/c1-10-7-11(2)19(18-10)5-6-21-15(20)12-3-4-13-14(8-12)17-9-16-13/h3-4,7-9H,5-6H2,1-2H3,(H,16,17). The van der Waals surface area contributed by atoms with Crippen LogP contribution in [0, 0.1) is 13.8 Å². The van der Waals surface area contributed by atoms with E-state index >= 15 is 0 Å². The number of benzene rings is 1. The number of nitrogens with zero attached hydrogens (tertiary/aromatic N) is 3. The molecule has 0 aliphatic rings. The van der Waals surface area contributed by atoms with E-state index in [1.54, 1.807) is 24.5 Å². The molecule has 0 bridgehead atoms. The quantitative estimate of drug-likeness (QED) is 0.746. The lowest BCUT2D eigenvalue weighted by Crippen LogP contribution is -2.13. The molecule has 0 saturated carbocycles.